The third kappa shape index (κ3) is 2.22. The Morgan fingerprint density at radius 3 is 2.59 bits per heavy atom. The predicted molar refractivity (Wildman–Crippen MR) is 63.8 cm³/mol. The molecule has 5 unspecified atom stereocenters. The van der Waals surface area contributed by atoms with Crippen LogP contribution >= 0.6 is 12.9 Å². The molecule has 5 atom stereocenters. The molecule has 0 spiro atoms. The molecule has 2 aliphatic rings. The van der Waals surface area contributed by atoms with Gasteiger partial charge in [0.05, 0.1) is 19.3 Å². The second kappa shape index (κ2) is 4.36. The monoisotopic (exact) mass is 264 g/mol. The number of aliphatic hydroxyl groups excluding tert-OH is 2. The van der Waals surface area contributed by atoms with Crippen LogP contribution in [0.5, 0.6) is 0 Å². The lowest BCUT2D eigenvalue weighted by atomic mass is 9.81. The molecule has 5 nitrogen and oxygen atoms in total. The van der Waals surface area contributed by atoms with Crippen molar-refractivity contribution < 1.29 is 23.9 Å². The van der Waals surface area contributed by atoms with E-state index in [4.69, 9.17) is 13.7 Å². The van der Waals surface area contributed by atoms with E-state index >= 15 is 0 Å². The highest BCUT2D eigenvalue weighted by molar-refractivity contribution is 7.75. The van der Waals surface area contributed by atoms with Crippen LogP contribution in [0.15, 0.2) is 0 Å². The molecule has 2 fully saturated rings. The Labute approximate surface area is 107 Å². The summed E-state index contributed by atoms with van der Waals surface area (Å²) in [5.74, 6) is 0. The highest BCUT2D eigenvalue weighted by Gasteiger charge is 2.67. The van der Waals surface area contributed by atoms with E-state index in [0.29, 0.717) is 6.61 Å². The van der Waals surface area contributed by atoms with Crippen LogP contribution in [0.3, 0.4) is 0 Å². The maximum atomic E-state index is 9.85. The van der Waals surface area contributed by atoms with Gasteiger partial charge in [-0.25, -0.2) is 0 Å². The van der Waals surface area contributed by atoms with Crippen molar-refractivity contribution in [2.45, 2.75) is 50.8 Å². The lowest BCUT2D eigenvalue weighted by molar-refractivity contribution is -0.0167. The Kier molecular flexibility index (Phi) is 3.48. The number of aliphatic hydroxyl groups is 2. The number of hydrogen-bond acceptors (Lipinski definition) is 6. The summed E-state index contributed by atoms with van der Waals surface area (Å²) in [5.41, 5.74) is -0.778. The van der Waals surface area contributed by atoms with Gasteiger partial charge in [-0.05, 0) is 19.8 Å². The summed E-state index contributed by atoms with van der Waals surface area (Å²) in [7, 11) is 0. The highest BCUT2D eigenvalue weighted by Crippen LogP contribution is 2.52. The van der Waals surface area contributed by atoms with Crippen molar-refractivity contribution in [3.05, 3.63) is 0 Å². The van der Waals surface area contributed by atoms with Crippen LogP contribution in [-0.4, -0.2) is 53.4 Å². The molecular weight excluding hydrogens is 244 g/mol. The maximum Gasteiger partial charge on any atom is 0.121 e. The number of thiol groups is 1. The standard InChI is InChI=1S/C11H20O5S/c1-10(2,5-15-17)9-11(3,16-9)8-7(13)6(12)4-14-8/h6-9,12-13,17H,4-5H2,1-3H3. The fraction of sp³-hybridized carbons (Fsp3) is 1.00. The van der Waals surface area contributed by atoms with Gasteiger partial charge in [-0.15, -0.1) is 0 Å². The summed E-state index contributed by atoms with van der Waals surface area (Å²) in [6.45, 7) is 6.51. The predicted octanol–water partition coefficient (Wildman–Crippen LogP) is 0.152. The molecular formula is C11H20O5S. The normalized spacial score (nSPS) is 46.2. The van der Waals surface area contributed by atoms with Gasteiger partial charge in [0.15, 0.2) is 0 Å². The summed E-state index contributed by atoms with van der Waals surface area (Å²) in [6, 6.07) is 0. The molecule has 6 heteroatoms. The fourth-order valence-corrected chi connectivity index (χ4v) is 3.05. The molecule has 0 saturated carbocycles. The Hall–Kier alpha value is 0.150. The van der Waals surface area contributed by atoms with Gasteiger partial charge in [0.2, 0.25) is 0 Å². The van der Waals surface area contributed by atoms with Crippen LogP contribution in [0.4, 0.5) is 0 Å². The Morgan fingerprint density at radius 2 is 2.12 bits per heavy atom. The quantitative estimate of drug-likeness (QED) is 0.383. The Bertz CT molecular complexity index is 298. The molecule has 0 radical (unpaired) electrons. The summed E-state index contributed by atoms with van der Waals surface area (Å²) >= 11 is 3.76. The van der Waals surface area contributed by atoms with Gasteiger partial charge in [0.25, 0.3) is 0 Å². The molecule has 0 aliphatic carbocycles. The molecule has 0 amide bonds. The smallest absolute Gasteiger partial charge is 0.121 e. The summed E-state index contributed by atoms with van der Waals surface area (Å²) < 4.78 is 16.0. The van der Waals surface area contributed by atoms with Gasteiger partial charge in [-0.3, -0.25) is 0 Å². The molecule has 100 valence electrons. The zero-order valence-electron chi connectivity index (χ0n) is 10.3. The van der Waals surface area contributed by atoms with Crippen LogP contribution in [-0.2, 0) is 13.7 Å². The van der Waals surface area contributed by atoms with Crippen molar-refractivity contribution in [1.82, 2.24) is 0 Å². The van der Waals surface area contributed by atoms with Crippen LogP contribution < -0.4 is 0 Å². The number of ether oxygens (including phenoxy) is 2. The molecule has 0 aromatic carbocycles. The van der Waals surface area contributed by atoms with Gasteiger partial charge in [0, 0.05) is 5.41 Å². The van der Waals surface area contributed by atoms with Gasteiger partial charge in [-0.1, -0.05) is 13.8 Å². The van der Waals surface area contributed by atoms with E-state index in [-0.39, 0.29) is 18.1 Å². The van der Waals surface area contributed by atoms with Crippen molar-refractivity contribution >= 4 is 12.9 Å². The minimum Gasteiger partial charge on any atom is -0.388 e. The SMILES string of the molecule is CC(C)(COS)C1OC1(C)C1OCC(O)C1O. The van der Waals surface area contributed by atoms with Gasteiger partial charge in [0.1, 0.15) is 23.9 Å². The molecule has 0 aromatic rings. The average Bonchev–Trinajstić information content (AvgIpc) is 2.82. The van der Waals surface area contributed by atoms with Crippen molar-refractivity contribution in [2.24, 2.45) is 5.41 Å². The second-order valence-corrected chi connectivity index (χ2v) is 6.01. The Balaban J connectivity index is 2.04. The highest BCUT2D eigenvalue weighted by atomic mass is 32.1. The molecule has 17 heavy (non-hydrogen) atoms. The lowest BCUT2D eigenvalue weighted by Crippen LogP contribution is -2.43. The topological polar surface area (TPSA) is 71.5 Å². The first-order valence-electron chi connectivity index (χ1n) is 5.75. The molecule has 2 rings (SSSR count). The molecule has 0 bridgehead atoms. The first-order chi connectivity index (χ1) is 7.83. The van der Waals surface area contributed by atoms with Gasteiger partial charge >= 0.3 is 0 Å². The summed E-state index contributed by atoms with van der Waals surface area (Å²) in [4.78, 5) is 0. The van der Waals surface area contributed by atoms with Crippen LogP contribution in [0.2, 0.25) is 0 Å². The lowest BCUT2D eigenvalue weighted by Gasteiger charge is -2.25. The van der Waals surface area contributed by atoms with Gasteiger partial charge in [-0.2, -0.15) is 0 Å². The average molecular weight is 264 g/mol. The van der Waals surface area contributed by atoms with E-state index in [1.165, 1.54) is 0 Å². The third-order valence-corrected chi connectivity index (χ3v) is 3.83. The van der Waals surface area contributed by atoms with E-state index in [0.717, 1.165) is 0 Å². The van der Waals surface area contributed by atoms with E-state index in [9.17, 15) is 10.2 Å². The number of epoxide rings is 1. The number of hydrogen-bond donors (Lipinski definition) is 3. The van der Waals surface area contributed by atoms with E-state index in [1.54, 1.807) is 0 Å². The van der Waals surface area contributed by atoms with Crippen molar-refractivity contribution in [2.75, 3.05) is 13.2 Å². The van der Waals surface area contributed by atoms with Crippen LogP contribution in [0, 0.1) is 5.41 Å². The molecule has 2 aliphatic heterocycles. The summed E-state index contributed by atoms with van der Waals surface area (Å²) in [5, 5.41) is 19.3. The first kappa shape index (κ1) is 13.6. The molecule has 2 saturated heterocycles. The molecule has 2 heterocycles. The van der Waals surface area contributed by atoms with Crippen molar-refractivity contribution in [3.63, 3.8) is 0 Å². The largest absolute Gasteiger partial charge is 0.388 e. The molecule has 0 aromatic heterocycles. The van der Waals surface area contributed by atoms with E-state index < -0.39 is 23.9 Å². The summed E-state index contributed by atoms with van der Waals surface area (Å²) in [6.07, 6.45) is -2.28. The van der Waals surface area contributed by atoms with E-state index in [2.05, 4.69) is 12.9 Å². The first-order valence-corrected chi connectivity index (χ1v) is 6.11. The zero-order chi connectivity index (χ0) is 12.8. The Morgan fingerprint density at radius 1 is 1.47 bits per heavy atom. The maximum absolute atomic E-state index is 9.85. The van der Waals surface area contributed by atoms with Crippen molar-refractivity contribution in [3.8, 4) is 0 Å². The van der Waals surface area contributed by atoms with Crippen LogP contribution in [0.1, 0.15) is 20.8 Å². The third-order valence-electron chi connectivity index (χ3n) is 3.70. The van der Waals surface area contributed by atoms with Crippen molar-refractivity contribution in [1.29, 1.82) is 0 Å². The van der Waals surface area contributed by atoms with E-state index in [1.807, 2.05) is 20.8 Å². The molecule has 2 N–H and O–H groups in total. The minimum absolute atomic E-state index is 0.0768. The second-order valence-electron chi connectivity index (χ2n) is 5.76. The minimum atomic E-state index is -0.891. The van der Waals surface area contributed by atoms with Gasteiger partial charge < -0.3 is 23.9 Å². The van der Waals surface area contributed by atoms with Crippen LogP contribution in [0.25, 0.3) is 0 Å². The zero-order valence-corrected chi connectivity index (χ0v) is 11.2. The fourth-order valence-electron chi connectivity index (χ4n) is 2.72. The number of rotatable bonds is 4.